The van der Waals surface area contributed by atoms with Crippen molar-refractivity contribution in [2.45, 2.75) is 58.3 Å². The van der Waals surface area contributed by atoms with E-state index in [9.17, 15) is 0 Å². The average Bonchev–Trinajstić information content (AvgIpc) is 2.69. The lowest BCUT2D eigenvalue weighted by atomic mass is 10.1. The second-order valence-corrected chi connectivity index (χ2v) is 3.99. The molecule has 2 heteroatoms. The number of unbranched alkanes of at least 4 members (excludes halogenated alkanes) is 4. The molecular weight excluding hydrogens is 186 g/mol. The number of oxazole rings is 1. The van der Waals surface area contributed by atoms with Crippen molar-refractivity contribution >= 4 is 0 Å². The summed E-state index contributed by atoms with van der Waals surface area (Å²) in [5, 5.41) is 0. The molecule has 1 radical (unpaired) electrons. The maximum absolute atomic E-state index is 5.63. The number of hydrogen-bond acceptors (Lipinski definition) is 2. The summed E-state index contributed by atoms with van der Waals surface area (Å²) in [4.78, 5) is 4.26. The number of rotatable bonds is 8. The Bertz CT molecular complexity index is 255. The molecule has 0 aliphatic carbocycles. The SMILES string of the molecule is [CH2]CCCc1ncc(CCCCCC)o1. The fraction of sp³-hybridized carbons (Fsp3) is 0.692. The van der Waals surface area contributed by atoms with Crippen molar-refractivity contribution < 1.29 is 4.42 Å². The molecule has 0 bridgehead atoms. The normalized spacial score (nSPS) is 10.8. The zero-order valence-electron chi connectivity index (χ0n) is 9.80. The van der Waals surface area contributed by atoms with Crippen LogP contribution in [0.5, 0.6) is 0 Å². The van der Waals surface area contributed by atoms with Crippen LogP contribution in [0.4, 0.5) is 0 Å². The van der Waals surface area contributed by atoms with Gasteiger partial charge in [-0.1, -0.05) is 39.5 Å². The highest BCUT2D eigenvalue weighted by Crippen LogP contribution is 2.11. The smallest absolute Gasteiger partial charge is 0.194 e. The van der Waals surface area contributed by atoms with Crippen LogP contribution in [0.15, 0.2) is 10.6 Å². The van der Waals surface area contributed by atoms with Crippen LogP contribution < -0.4 is 0 Å². The molecule has 0 saturated heterocycles. The molecule has 0 saturated carbocycles. The third-order valence-electron chi connectivity index (χ3n) is 2.52. The summed E-state index contributed by atoms with van der Waals surface area (Å²) in [6.07, 6.45) is 11.0. The molecule has 0 aromatic carbocycles. The molecule has 0 amide bonds. The zero-order valence-corrected chi connectivity index (χ0v) is 9.80. The standard InChI is InChI=1S/C13H22NO/c1-3-5-7-8-9-12-11-14-13(15-12)10-6-4-2/h11H,2-10H2,1H3. The van der Waals surface area contributed by atoms with Crippen LogP contribution in [-0.4, -0.2) is 4.98 Å². The molecule has 0 aliphatic rings. The van der Waals surface area contributed by atoms with E-state index in [1.54, 1.807) is 0 Å². The van der Waals surface area contributed by atoms with Gasteiger partial charge in [0.2, 0.25) is 0 Å². The van der Waals surface area contributed by atoms with Crippen molar-refractivity contribution in [1.29, 1.82) is 0 Å². The summed E-state index contributed by atoms with van der Waals surface area (Å²) in [5.74, 6) is 1.93. The van der Waals surface area contributed by atoms with E-state index >= 15 is 0 Å². The van der Waals surface area contributed by atoms with Crippen molar-refractivity contribution in [2.75, 3.05) is 0 Å². The molecule has 1 rings (SSSR count). The molecule has 0 unspecified atom stereocenters. The van der Waals surface area contributed by atoms with Crippen LogP contribution >= 0.6 is 0 Å². The van der Waals surface area contributed by atoms with Gasteiger partial charge in [-0.3, -0.25) is 0 Å². The van der Waals surface area contributed by atoms with Gasteiger partial charge < -0.3 is 4.42 Å². The fourth-order valence-electron chi connectivity index (χ4n) is 1.58. The van der Waals surface area contributed by atoms with Crippen LogP contribution in [0.1, 0.15) is 57.1 Å². The highest BCUT2D eigenvalue weighted by Gasteiger charge is 2.02. The fourth-order valence-corrected chi connectivity index (χ4v) is 1.58. The van der Waals surface area contributed by atoms with E-state index in [1.165, 1.54) is 25.7 Å². The Morgan fingerprint density at radius 3 is 2.80 bits per heavy atom. The molecule has 0 atom stereocenters. The summed E-state index contributed by atoms with van der Waals surface area (Å²) < 4.78 is 5.63. The van der Waals surface area contributed by atoms with Crippen molar-refractivity contribution in [3.05, 3.63) is 24.8 Å². The van der Waals surface area contributed by atoms with Gasteiger partial charge in [0, 0.05) is 12.8 Å². The summed E-state index contributed by atoms with van der Waals surface area (Å²) in [6.45, 7) is 6.04. The molecular formula is C13H22NO. The van der Waals surface area contributed by atoms with Gasteiger partial charge in [-0.15, -0.1) is 0 Å². The Morgan fingerprint density at radius 2 is 2.07 bits per heavy atom. The Hall–Kier alpha value is -0.790. The Morgan fingerprint density at radius 1 is 1.20 bits per heavy atom. The largest absolute Gasteiger partial charge is 0.446 e. The predicted molar refractivity (Wildman–Crippen MR) is 62.6 cm³/mol. The Labute approximate surface area is 93.1 Å². The van der Waals surface area contributed by atoms with E-state index in [0.717, 1.165) is 37.3 Å². The van der Waals surface area contributed by atoms with Crippen molar-refractivity contribution in [2.24, 2.45) is 0 Å². The summed E-state index contributed by atoms with van der Waals surface area (Å²) in [7, 11) is 0. The van der Waals surface area contributed by atoms with Gasteiger partial charge in [0.1, 0.15) is 5.76 Å². The maximum atomic E-state index is 5.63. The minimum Gasteiger partial charge on any atom is -0.446 e. The van der Waals surface area contributed by atoms with Crippen LogP contribution in [0.3, 0.4) is 0 Å². The summed E-state index contributed by atoms with van der Waals surface area (Å²) >= 11 is 0. The van der Waals surface area contributed by atoms with Gasteiger partial charge in [0.15, 0.2) is 5.89 Å². The van der Waals surface area contributed by atoms with E-state index in [1.807, 2.05) is 6.20 Å². The first-order chi connectivity index (χ1) is 7.36. The van der Waals surface area contributed by atoms with E-state index in [4.69, 9.17) is 4.42 Å². The number of nitrogens with zero attached hydrogens (tertiary/aromatic N) is 1. The molecule has 1 aromatic heterocycles. The first-order valence-corrected chi connectivity index (χ1v) is 6.09. The lowest BCUT2D eigenvalue weighted by Gasteiger charge is -1.96. The van der Waals surface area contributed by atoms with E-state index in [-0.39, 0.29) is 0 Å². The first kappa shape index (κ1) is 12.3. The van der Waals surface area contributed by atoms with Crippen molar-refractivity contribution in [3.63, 3.8) is 0 Å². The van der Waals surface area contributed by atoms with E-state index in [0.29, 0.717) is 0 Å². The third kappa shape index (κ3) is 5.01. The second kappa shape index (κ2) is 7.49. The first-order valence-electron chi connectivity index (χ1n) is 6.09. The van der Waals surface area contributed by atoms with E-state index < -0.39 is 0 Å². The van der Waals surface area contributed by atoms with Crippen LogP contribution in [0.2, 0.25) is 0 Å². The molecule has 2 nitrogen and oxygen atoms in total. The van der Waals surface area contributed by atoms with Gasteiger partial charge >= 0.3 is 0 Å². The molecule has 0 N–H and O–H groups in total. The number of hydrogen-bond donors (Lipinski definition) is 0. The minimum atomic E-state index is 0.879. The molecule has 1 aromatic rings. The second-order valence-electron chi connectivity index (χ2n) is 3.99. The van der Waals surface area contributed by atoms with Gasteiger partial charge in [0.25, 0.3) is 0 Å². The highest BCUT2D eigenvalue weighted by atomic mass is 16.4. The van der Waals surface area contributed by atoms with E-state index in [2.05, 4.69) is 18.8 Å². The van der Waals surface area contributed by atoms with Crippen LogP contribution in [0.25, 0.3) is 0 Å². The average molecular weight is 208 g/mol. The molecule has 0 spiro atoms. The number of aryl methyl sites for hydroxylation is 2. The van der Waals surface area contributed by atoms with Crippen LogP contribution in [-0.2, 0) is 12.8 Å². The minimum absolute atomic E-state index is 0.879. The summed E-state index contributed by atoms with van der Waals surface area (Å²) in [5.41, 5.74) is 0. The number of aromatic nitrogens is 1. The lowest BCUT2D eigenvalue weighted by molar-refractivity contribution is 0.442. The molecule has 0 fully saturated rings. The topological polar surface area (TPSA) is 26.0 Å². The zero-order chi connectivity index (χ0) is 10.9. The lowest BCUT2D eigenvalue weighted by Crippen LogP contribution is -1.84. The van der Waals surface area contributed by atoms with Gasteiger partial charge in [0.05, 0.1) is 6.20 Å². The van der Waals surface area contributed by atoms with Gasteiger partial charge in [-0.2, -0.15) is 0 Å². The van der Waals surface area contributed by atoms with Crippen LogP contribution in [0, 0.1) is 6.92 Å². The quantitative estimate of drug-likeness (QED) is 0.604. The van der Waals surface area contributed by atoms with Gasteiger partial charge in [-0.05, 0) is 12.8 Å². The highest BCUT2D eigenvalue weighted by molar-refractivity contribution is 4.94. The monoisotopic (exact) mass is 208 g/mol. The van der Waals surface area contributed by atoms with Crippen molar-refractivity contribution in [3.8, 4) is 0 Å². The molecule has 15 heavy (non-hydrogen) atoms. The Kier molecular flexibility index (Phi) is 6.14. The Balaban J connectivity index is 2.20. The molecule has 1 heterocycles. The third-order valence-corrected chi connectivity index (χ3v) is 2.52. The maximum Gasteiger partial charge on any atom is 0.194 e. The predicted octanol–water partition coefficient (Wildman–Crippen LogP) is 3.95. The van der Waals surface area contributed by atoms with Gasteiger partial charge in [-0.25, -0.2) is 4.98 Å². The van der Waals surface area contributed by atoms with Crippen molar-refractivity contribution in [1.82, 2.24) is 4.98 Å². The summed E-state index contributed by atoms with van der Waals surface area (Å²) in [6, 6.07) is 0. The molecule has 85 valence electrons. The molecule has 0 aliphatic heterocycles.